The molecule has 3 rings (SSSR count). The van der Waals surface area contributed by atoms with Crippen LogP contribution in [0.5, 0.6) is 5.75 Å². The molecule has 100 valence electrons. The lowest BCUT2D eigenvalue weighted by atomic mass is 9.62. The van der Waals surface area contributed by atoms with E-state index in [1.807, 2.05) is 24.4 Å². The molecule has 1 heterocycles. The van der Waals surface area contributed by atoms with E-state index in [2.05, 4.69) is 31.0 Å². The molecular formula is C16H20N2O. The molecule has 0 radical (unpaired) electrons. The van der Waals surface area contributed by atoms with Gasteiger partial charge in [0.25, 0.3) is 0 Å². The SMILES string of the molecule is CCC1(C)C(N)CC1Oc1ccc2cccnc2c1. The van der Waals surface area contributed by atoms with Crippen LogP contribution in [0.4, 0.5) is 0 Å². The number of pyridine rings is 1. The molecule has 0 bridgehead atoms. The van der Waals surface area contributed by atoms with E-state index in [0.29, 0.717) is 0 Å². The Morgan fingerprint density at radius 3 is 3.00 bits per heavy atom. The quantitative estimate of drug-likeness (QED) is 0.917. The van der Waals surface area contributed by atoms with Crippen LogP contribution in [0, 0.1) is 5.41 Å². The van der Waals surface area contributed by atoms with E-state index in [-0.39, 0.29) is 17.6 Å². The van der Waals surface area contributed by atoms with E-state index in [0.717, 1.165) is 29.5 Å². The van der Waals surface area contributed by atoms with Gasteiger partial charge in [-0.15, -0.1) is 0 Å². The zero-order chi connectivity index (χ0) is 13.5. The Kier molecular flexibility index (Phi) is 2.94. The molecule has 1 saturated carbocycles. The van der Waals surface area contributed by atoms with Gasteiger partial charge in [0.2, 0.25) is 0 Å². The number of nitrogens with two attached hydrogens (primary N) is 1. The molecule has 3 unspecified atom stereocenters. The van der Waals surface area contributed by atoms with Crippen molar-refractivity contribution < 1.29 is 4.74 Å². The highest BCUT2D eigenvalue weighted by Gasteiger charge is 2.50. The van der Waals surface area contributed by atoms with Crippen molar-refractivity contribution in [3.8, 4) is 5.75 Å². The van der Waals surface area contributed by atoms with Crippen LogP contribution >= 0.6 is 0 Å². The lowest BCUT2D eigenvalue weighted by molar-refractivity contribution is -0.0559. The second-order valence-corrected chi connectivity index (χ2v) is 5.67. The number of benzene rings is 1. The number of aromatic nitrogens is 1. The normalized spacial score (nSPS) is 30.1. The number of ether oxygens (including phenoxy) is 1. The topological polar surface area (TPSA) is 48.1 Å². The summed E-state index contributed by atoms with van der Waals surface area (Å²) in [7, 11) is 0. The number of nitrogens with zero attached hydrogens (tertiary/aromatic N) is 1. The maximum Gasteiger partial charge on any atom is 0.121 e. The van der Waals surface area contributed by atoms with Gasteiger partial charge in [-0.3, -0.25) is 4.98 Å². The number of hydrogen-bond acceptors (Lipinski definition) is 3. The molecule has 0 aliphatic heterocycles. The van der Waals surface area contributed by atoms with E-state index in [1.54, 1.807) is 0 Å². The summed E-state index contributed by atoms with van der Waals surface area (Å²) in [6.07, 6.45) is 4.00. The van der Waals surface area contributed by atoms with Crippen LogP contribution in [-0.2, 0) is 0 Å². The second-order valence-electron chi connectivity index (χ2n) is 5.67. The summed E-state index contributed by atoms with van der Waals surface area (Å²) in [5.74, 6) is 0.891. The van der Waals surface area contributed by atoms with Crippen molar-refractivity contribution >= 4 is 10.9 Å². The molecule has 19 heavy (non-hydrogen) atoms. The Morgan fingerprint density at radius 1 is 1.42 bits per heavy atom. The molecule has 0 saturated heterocycles. The van der Waals surface area contributed by atoms with Crippen molar-refractivity contribution in [3.05, 3.63) is 36.5 Å². The average Bonchev–Trinajstić information content (AvgIpc) is 2.46. The lowest BCUT2D eigenvalue weighted by Crippen LogP contribution is -2.61. The lowest BCUT2D eigenvalue weighted by Gasteiger charge is -2.51. The summed E-state index contributed by atoms with van der Waals surface area (Å²) in [6, 6.07) is 10.3. The maximum absolute atomic E-state index is 6.12. The van der Waals surface area contributed by atoms with Crippen molar-refractivity contribution in [3.63, 3.8) is 0 Å². The van der Waals surface area contributed by atoms with Gasteiger partial charge >= 0.3 is 0 Å². The smallest absolute Gasteiger partial charge is 0.121 e. The first-order chi connectivity index (χ1) is 9.13. The fraction of sp³-hybridized carbons (Fsp3) is 0.438. The van der Waals surface area contributed by atoms with Crippen LogP contribution in [0.3, 0.4) is 0 Å². The van der Waals surface area contributed by atoms with E-state index >= 15 is 0 Å². The van der Waals surface area contributed by atoms with Crippen molar-refractivity contribution in [2.75, 3.05) is 0 Å². The monoisotopic (exact) mass is 256 g/mol. The van der Waals surface area contributed by atoms with Crippen LogP contribution in [0.1, 0.15) is 26.7 Å². The summed E-state index contributed by atoms with van der Waals surface area (Å²) in [4.78, 5) is 4.36. The summed E-state index contributed by atoms with van der Waals surface area (Å²) in [5, 5.41) is 1.14. The predicted octanol–water partition coefficient (Wildman–Crippen LogP) is 3.13. The molecule has 2 aromatic rings. The first-order valence-corrected chi connectivity index (χ1v) is 6.90. The van der Waals surface area contributed by atoms with Crippen LogP contribution in [0.2, 0.25) is 0 Å². The van der Waals surface area contributed by atoms with E-state index in [9.17, 15) is 0 Å². The Hall–Kier alpha value is -1.61. The van der Waals surface area contributed by atoms with Gasteiger partial charge in [-0.2, -0.15) is 0 Å². The van der Waals surface area contributed by atoms with Gasteiger partial charge in [0.05, 0.1) is 5.52 Å². The summed E-state index contributed by atoms with van der Waals surface area (Å²) >= 11 is 0. The summed E-state index contributed by atoms with van der Waals surface area (Å²) < 4.78 is 6.12. The van der Waals surface area contributed by atoms with E-state index in [1.165, 1.54) is 0 Å². The Labute approximate surface area is 113 Å². The fourth-order valence-corrected chi connectivity index (χ4v) is 2.80. The zero-order valence-electron chi connectivity index (χ0n) is 11.5. The van der Waals surface area contributed by atoms with Crippen molar-refractivity contribution in [1.82, 2.24) is 4.98 Å². The number of hydrogen-bond donors (Lipinski definition) is 1. The Morgan fingerprint density at radius 2 is 2.26 bits per heavy atom. The van der Waals surface area contributed by atoms with Crippen molar-refractivity contribution in [2.45, 2.75) is 38.8 Å². The molecule has 3 atom stereocenters. The highest BCUT2D eigenvalue weighted by Crippen LogP contribution is 2.44. The molecule has 1 aliphatic carbocycles. The van der Waals surface area contributed by atoms with E-state index < -0.39 is 0 Å². The molecule has 1 aromatic heterocycles. The van der Waals surface area contributed by atoms with Gasteiger partial charge in [-0.05, 0) is 24.6 Å². The van der Waals surface area contributed by atoms with Gasteiger partial charge in [0.1, 0.15) is 11.9 Å². The average molecular weight is 256 g/mol. The highest BCUT2D eigenvalue weighted by atomic mass is 16.5. The second kappa shape index (κ2) is 4.49. The van der Waals surface area contributed by atoms with Crippen LogP contribution in [0.15, 0.2) is 36.5 Å². The molecule has 3 nitrogen and oxygen atoms in total. The molecule has 0 amide bonds. The Balaban J connectivity index is 1.82. The predicted molar refractivity (Wildman–Crippen MR) is 77.1 cm³/mol. The maximum atomic E-state index is 6.12. The van der Waals surface area contributed by atoms with Crippen LogP contribution in [-0.4, -0.2) is 17.1 Å². The number of fused-ring (bicyclic) bond motifs is 1. The molecule has 1 aliphatic rings. The third-order valence-electron chi connectivity index (χ3n) is 4.67. The first-order valence-electron chi connectivity index (χ1n) is 6.90. The van der Waals surface area contributed by atoms with Crippen molar-refractivity contribution in [2.24, 2.45) is 11.1 Å². The largest absolute Gasteiger partial charge is 0.490 e. The molecule has 1 fully saturated rings. The van der Waals surface area contributed by atoms with Gasteiger partial charge in [0, 0.05) is 35.5 Å². The molecule has 3 heteroatoms. The first kappa shape index (κ1) is 12.4. The minimum absolute atomic E-state index is 0.0963. The molecule has 0 spiro atoms. The molecular weight excluding hydrogens is 236 g/mol. The van der Waals surface area contributed by atoms with Gasteiger partial charge in [-0.25, -0.2) is 0 Å². The van der Waals surface area contributed by atoms with Gasteiger partial charge in [0.15, 0.2) is 0 Å². The molecule has 1 aromatic carbocycles. The minimum Gasteiger partial charge on any atom is -0.490 e. The standard InChI is InChI=1S/C16H20N2O/c1-3-16(2)14(17)10-15(16)19-12-7-6-11-5-4-8-18-13(11)9-12/h4-9,14-15H,3,10,17H2,1-2H3. The number of rotatable bonds is 3. The zero-order valence-corrected chi connectivity index (χ0v) is 11.5. The van der Waals surface area contributed by atoms with Gasteiger partial charge < -0.3 is 10.5 Å². The third kappa shape index (κ3) is 1.98. The van der Waals surface area contributed by atoms with Crippen molar-refractivity contribution in [1.29, 1.82) is 0 Å². The third-order valence-corrected chi connectivity index (χ3v) is 4.67. The highest BCUT2D eigenvalue weighted by molar-refractivity contribution is 5.79. The van der Waals surface area contributed by atoms with Crippen LogP contribution in [0.25, 0.3) is 10.9 Å². The van der Waals surface area contributed by atoms with E-state index in [4.69, 9.17) is 10.5 Å². The minimum atomic E-state index is 0.0963. The Bertz CT molecular complexity index is 598. The molecule has 2 N–H and O–H groups in total. The van der Waals surface area contributed by atoms with Gasteiger partial charge in [-0.1, -0.05) is 19.9 Å². The summed E-state index contributed by atoms with van der Waals surface area (Å²) in [5.41, 5.74) is 7.18. The fourth-order valence-electron chi connectivity index (χ4n) is 2.80. The summed E-state index contributed by atoms with van der Waals surface area (Å²) in [6.45, 7) is 4.39. The van der Waals surface area contributed by atoms with Crippen LogP contribution < -0.4 is 10.5 Å².